The minimum Gasteiger partial charge on any atom is -0.396 e. The number of fused-ring (bicyclic) bond motifs is 3. The molecule has 0 radical (unpaired) electrons. The number of pyridine rings is 2. The van der Waals surface area contributed by atoms with Gasteiger partial charge in [-0.25, -0.2) is 0 Å². The topological polar surface area (TPSA) is 46.0 Å². The third kappa shape index (κ3) is 1.65. The second kappa shape index (κ2) is 4.11. The van der Waals surface area contributed by atoms with Gasteiger partial charge in [-0.05, 0) is 30.2 Å². The Morgan fingerprint density at radius 2 is 1.76 bits per heavy atom. The first-order valence-electron chi connectivity index (χ1n) is 5.62. The van der Waals surface area contributed by atoms with Gasteiger partial charge in [-0.1, -0.05) is 12.1 Å². The number of rotatable bonds is 2. The normalized spacial score (nSPS) is 11.1. The van der Waals surface area contributed by atoms with E-state index in [1.807, 2.05) is 24.3 Å². The average Bonchev–Trinajstić information content (AvgIpc) is 2.39. The van der Waals surface area contributed by atoms with Crippen molar-refractivity contribution in [3.05, 3.63) is 48.3 Å². The largest absolute Gasteiger partial charge is 0.396 e. The number of aliphatic hydroxyl groups is 1. The number of hydrogen-bond acceptors (Lipinski definition) is 3. The van der Waals surface area contributed by atoms with Gasteiger partial charge in [0.25, 0.3) is 0 Å². The summed E-state index contributed by atoms with van der Waals surface area (Å²) in [7, 11) is 0. The molecule has 0 fully saturated rings. The molecular weight excluding hydrogens is 212 g/mol. The highest BCUT2D eigenvalue weighted by atomic mass is 16.2. The van der Waals surface area contributed by atoms with Crippen molar-refractivity contribution < 1.29 is 5.11 Å². The van der Waals surface area contributed by atoms with E-state index in [9.17, 15) is 0 Å². The molecule has 0 bridgehead atoms. The van der Waals surface area contributed by atoms with Crippen LogP contribution in [0.2, 0.25) is 0 Å². The molecule has 0 amide bonds. The molecule has 1 N–H and O–H groups in total. The fourth-order valence-corrected chi connectivity index (χ4v) is 2.18. The first-order chi connectivity index (χ1) is 8.40. The van der Waals surface area contributed by atoms with Gasteiger partial charge in [0, 0.05) is 29.8 Å². The van der Waals surface area contributed by atoms with Crippen LogP contribution in [0.15, 0.2) is 42.7 Å². The molecule has 0 unspecified atom stereocenters. The van der Waals surface area contributed by atoms with Crippen LogP contribution >= 0.6 is 0 Å². The van der Waals surface area contributed by atoms with Gasteiger partial charge in [0.15, 0.2) is 0 Å². The highest BCUT2D eigenvalue weighted by Gasteiger charge is 2.07. The molecule has 3 rings (SSSR count). The van der Waals surface area contributed by atoms with Crippen LogP contribution in [0, 0.1) is 0 Å². The maximum absolute atomic E-state index is 9.12. The summed E-state index contributed by atoms with van der Waals surface area (Å²) >= 11 is 0. The van der Waals surface area contributed by atoms with Gasteiger partial charge in [-0.15, -0.1) is 0 Å². The monoisotopic (exact) mass is 224 g/mol. The van der Waals surface area contributed by atoms with Crippen LogP contribution in [0.4, 0.5) is 0 Å². The van der Waals surface area contributed by atoms with E-state index in [1.165, 1.54) is 0 Å². The number of hydrogen-bond donors (Lipinski definition) is 1. The van der Waals surface area contributed by atoms with Gasteiger partial charge in [-0.2, -0.15) is 0 Å². The minimum atomic E-state index is 0.149. The Kier molecular flexibility index (Phi) is 2.46. The third-order valence-corrected chi connectivity index (χ3v) is 2.93. The Labute approximate surface area is 98.8 Å². The highest BCUT2D eigenvalue weighted by Crippen LogP contribution is 2.25. The molecule has 0 aliphatic rings. The average molecular weight is 224 g/mol. The third-order valence-electron chi connectivity index (χ3n) is 2.93. The van der Waals surface area contributed by atoms with Gasteiger partial charge in [0.05, 0.1) is 11.0 Å². The molecule has 0 aliphatic carbocycles. The van der Waals surface area contributed by atoms with Crippen LogP contribution in [0.1, 0.15) is 5.56 Å². The fourth-order valence-electron chi connectivity index (χ4n) is 2.18. The van der Waals surface area contributed by atoms with E-state index in [4.69, 9.17) is 5.11 Å². The zero-order valence-electron chi connectivity index (χ0n) is 9.30. The number of aliphatic hydroxyl groups excluding tert-OH is 1. The lowest BCUT2D eigenvalue weighted by atomic mass is 10.0. The summed E-state index contributed by atoms with van der Waals surface area (Å²) in [5, 5.41) is 11.3. The molecule has 0 spiro atoms. The van der Waals surface area contributed by atoms with Crippen molar-refractivity contribution in [2.24, 2.45) is 0 Å². The summed E-state index contributed by atoms with van der Waals surface area (Å²) in [5.41, 5.74) is 2.95. The van der Waals surface area contributed by atoms with Gasteiger partial charge < -0.3 is 5.11 Å². The second-order valence-corrected chi connectivity index (χ2v) is 3.98. The maximum atomic E-state index is 9.12. The predicted molar refractivity (Wildman–Crippen MR) is 67.8 cm³/mol. The molecule has 0 saturated carbocycles. The highest BCUT2D eigenvalue weighted by molar-refractivity contribution is 6.04. The maximum Gasteiger partial charge on any atom is 0.0967 e. The quantitative estimate of drug-likeness (QED) is 0.679. The SMILES string of the molecule is OCCc1cc2cccnc2c2ncccc12. The Morgan fingerprint density at radius 1 is 1.00 bits per heavy atom. The molecule has 1 aromatic carbocycles. The van der Waals surface area contributed by atoms with E-state index in [0.29, 0.717) is 6.42 Å². The van der Waals surface area contributed by atoms with Crippen LogP contribution in [-0.2, 0) is 6.42 Å². The zero-order valence-corrected chi connectivity index (χ0v) is 9.30. The van der Waals surface area contributed by atoms with Gasteiger partial charge >= 0.3 is 0 Å². The molecule has 17 heavy (non-hydrogen) atoms. The summed E-state index contributed by atoms with van der Waals surface area (Å²) in [5.74, 6) is 0. The van der Waals surface area contributed by atoms with Gasteiger partial charge in [0.2, 0.25) is 0 Å². The van der Waals surface area contributed by atoms with Gasteiger partial charge in [0.1, 0.15) is 0 Å². The van der Waals surface area contributed by atoms with Crippen molar-refractivity contribution >= 4 is 21.8 Å². The number of nitrogens with zero attached hydrogens (tertiary/aromatic N) is 2. The van der Waals surface area contributed by atoms with E-state index in [1.54, 1.807) is 12.4 Å². The van der Waals surface area contributed by atoms with Crippen LogP contribution in [0.25, 0.3) is 21.8 Å². The molecule has 3 nitrogen and oxygen atoms in total. The van der Waals surface area contributed by atoms with Crippen LogP contribution < -0.4 is 0 Å². The molecule has 2 aromatic heterocycles. The fraction of sp³-hybridized carbons (Fsp3) is 0.143. The Bertz CT molecular complexity index is 679. The van der Waals surface area contributed by atoms with Crippen molar-refractivity contribution in [2.75, 3.05) is 6.61 Å². The Hall–Kier alpha value is -2.00. The molecule has 2 heterocycles. The molecular formula is C14H12N2O. The standard InChI is InChI=1S/C14H12N2O/c17-8-5-10-9-11-3-1-6-15-13(11)14-12(10)4-2-7-16-14/h1-4,6-7,9,17H,5,8H2. The van der Waals surface area contributed by atoms with Gasteiger partial charge in [-0.3, -0.25) is 9.97 Å². The summed E-state index contributed by atoms with van der Waals surface area (Å²) in [6.45, 7) is 0.149. The summed E-state index contributed by atoms with van der Waals surface area (Å²) in [4.78, 5) is 8.79. The van der Waals surface area contributed by atoms with E-state index < -0.39 is 0 Å². The Morgan fingerprint density at radius 3 is 2.59 bits per heavy atom. The summed E-state index contributed by atoms with van der Waals surface area (Å²) < 4.78 is 0. The van der Waals surface area contributed by atoms with Crippen LogP contribution in [-0.4, -0.2) is 21.7 Å². The lowest BCUT2D eigenvalue weighted by Crippen LogP contribution is -1.94. The summed E-state index contributed by atoms with van der Waals surface area (Å²) in [6.07, 6.45) is 4.20. The smallest absolute Gasteiger partial charge is 0.0967 e. The van der Waals surface area contributed by atoms with Crippen molar-refractivity contribution in [1.29, 1.82) is 0 Å². The molecule has 0 atom stereocenters. The number of aromatic nitrogens is 2. The summed E-state index contributed by atoms with van der Waals surface area (Å²) in [6, 6.07) is 9.97. The molecule has 84 valence electrons. The molecule has 3 heteroatoms. The van der Waals surface area contributed by atoms with E-state index in [0.717, 1.165) is 27.4 Å². The molecule has 3 aromatic rings. The Balaban J connectivity index is 2.45. The van der Waals surface area contributed by atoms with Crippen LogP contribution in [0.3, 0.4) is 0 Å². The van der Waals surface area contributed by atoms with Crippen molar-refractivity contribution in [1.82, 2.24) is 9.97 Å². The lowest BCUT2D eigenvalue weighted by Gasteiger charge is -2.07. The molecule has 0 aliphatic heterocycles. The minimum absolute atomic E-state index is 0.149. The number of benzene rings is 1. The predicted octanol–water partition coefficient (Wildman–Crippen LogP) is 2.32. The van der Waals surface area contributed by atoms with Crippen molar-refractivity contribution in [3.63, 3.8) is 0 Å². The lowest BCUT2D eigenvalue weighted by molar-refractivity contribution is 0.300. The van der Waals surface area contributed by atoms with E-state index in [2.05, 4.69) is 16.0 Å². The first kappa shape index (κ1) is 10.2. The van der Waals surface area contributed by atoms with E-state index >= 15 is 0 Å². The van der Waals surface area contributed by atoms with E-state index in [-0.39, 0.29) is 6.61 Å². The second-order valence-electron chi connectivity index (χ2n) is 3.98. The first-order valence-corrected chi connectivity index (χ1v) is 5.62. The van der Waals surface area contributed by atoms with Crippen molar-refractivity contribution in [2.45, 2.75) is 6.42 Å². The zero-order chi connectivity index (χ0) is 11.7. The van der Waals surface area contributed by atoms with Crippen molar-refractivity contribution in [3.8, 4) is 0 Å². The van der Waals surface area contributed by atoms with Crippen LogP contribution in [0.5, 0.6) is 0 Å². The molecule has 0 saturated heterocycles.